The molecule has 0 aliphatic carbocycles. The number of nitrogens with one attached hydrogen (secondary N) is 1. The van der Waals surface area contributed by atoms with Crippen LogP contribution in [0.3, 0.4) is 0 Å². The minimum absolute atomic E-state index is 0.119. The number of likely N-dealkylation sites (tertiary alicyclic amines) is 1. The Balaban J connectivity index is 1.50. The van der Waals surface area contributed by atoms with Crippen molar-refractivity contribution in [3.63, 3.8) is 0 Å². The fourth-order valence-corrected chi connectivity index (χ4v) is 4.10. The van der Waals surface area contributed by atoms with Gasteiger partial charge in [-0.3, -0.25) is 4.79 Å². The van der Waals surface area contributed by atoms with Crippen molar-refractivity contribution in [2.75, 3.05) is 18.4 Å². The molecule has 5 nitrogen and oxygen atoms in total. The van der Waals surface area contributed by atoms with E-state index in [4.69, 9.17) is 4.98 Å². The minimum atomic E-state index is 0.119. The Morgan fingerprint density at radius 3 is 2.96 bits per heavy atom. The molecule has 6 heteroatoms. The van der Waals surface area contributed by atoms with Crippen LogP contribution >= 0.6 is 11.3 Å². The van der Waals surface area contributed by atoms with Gasteiger partial charge in [-0.1, -0.05) is 18.2 Å². The fraction of sp³-hybridized carbons (Fsp3) is 0.286. The van der Waals surface area contributed by atoms with Gasteiger partial charge in [0.2, 0.25) is 5.95 Å². The first-order valence-corrected chi connectivity index (χ1v) is 10.1. The van der Waals surface area contributed by atoms with Crippen LogP contribution in [0, 0.1) is 6.92 Å². The topological polar surface area (TPSA) is 58.1 Å². The molecule has 2 aromatic heterocycles. The van der Waals surface area contributed by atoms with Crippen molar-refractivity contribution in [1.82, 2.24) is 14.9 Å². The van der Waals surface area contributed by atoms with Gasteiger partial charge in [-0.25, -0.2) is 9.97 Å². The SMILES string of the molecule is Cc1ccccc1Nc1nccc([C@H]2CCCN(C(=O)c3ccsc3)C2)n1. The normalized spacial score (nSPS) is 16.9. The lowest BCUT2D eigenvalue weighted by Gasteiger charge is -2.32. The van der Waals surface area contributed by atoms with Gasteiger partial charge in [-0.15, -0.1) is 0 Å². The highest BCUT2D eigenvalue weighted by molar-refractivity contribution is 7.08. The molecule has 1 aromatic carbocycles. The first-order valence-electron chi connectivity index (χ1n) is 9.18. The van der Waals surface area contributed by atoms with Gasteiger partial charge in [-0.2, -0.15) is 11.3 Å². The Morgan fingerprint density at radius 1 is 1.26 bits per heavy atom. The number of piperidine rings is 1. The van der Waals surface area contributed by atoms with Crippen LogP contribution in [0.1, 0.15) is 40.4 Å². The van der Waals surface area contributed by atoms with E-state index in [0.29, 0.717) is 12.5 Å². The molecule has 1 saturated heterocycles. The van der Waals surface area contributed by atoms with Gasteiger partial charge in [0.1, 0.15) is 0 Å². The van der Waals surface area contributed by atoms with Crippen molar-refractivity contribution in [1.29, 1.82) is 0 Å². The predicted molar refractivity (Wildman–Crippen MR) is 109 cm³/mol. The van der Waals surface area contributed by atoms with Gasteiger partial charge in [0, 0.05) is 36.3 Å². The van der Waals surface area contributed by atoms with Crippen LogP contribution in [-0.2, 0) is 0 Å². The van der Waals surface area contributed by atoms with Crippen LogP contribution in [0.5, 0.6) is 0 Å². The molecule has 1 amide bonds. The number of hydrogen-bond donors (Lipinski definition) is 1. The number of aryl methyl sites for hydroxylation is 1. The number of rotatable bonds is 4. The number of carbonyl (C=O) groups is 1. The van der Waals surface area contributed by atoms with Crippen LogP contribution in [0.15, 0.2) is 53.4 Å². The average Bonchev–Trinajstić information content (AvgIpc) is 3.24. The highest BCUT2D eigenvalue weighted by Crippen LogP contribution is 2.28. The summed E-state index contributed by atoms with van der Waals surface area (Å²) in [5.74, 6) is 0.957. The molecule has 3 heterocycles. The van der Waals surface area contributed by atoms with Gasteiger partial charge >= 0.3 is 0 Å². The van der Waals surface area contributed by atoms with E-state index in [2.05, 4.69) is 23.3 Å². The number of hydrogen-bond acceptors (Lipinski definition) is 5. The van der Waals surface area contributed by atoms with Gasteiger partial charge in [-0.05, 0) is 48.9 Å². The second-order valence-corrected chi connectivity index (χ2v) is 7.63. The van der Waals surface area contributed by atoms with Crippen LogP contribution < -0.4 is 5.32 Å². The molecule has 3 aromatic rings. The Morgan fingerprint density at radius 2 is 2.15 bits per heavy atom. The maximum atomic E-state index is 12.7. The summed E-state index contributed by atoms with van der Waals surface area (Å²) in [6.07, 6.45) is 3.82. The van der Waals surface area contributed by atoms with E-state index >= 15 is 0 Å². The zero-order valence-electron chi connectivity index (χ0n) is 15.3. The number of carbonyl (C=O) groups excluding carboxylic acids is 1. The Bertz CT molecular complexity index is 925. The fourth-order valence-electron chi connectivity index (χ4n) is 3.47. The summed E-state index contributed by atoms with van der Waals surface area (Å²) in [6.45, 7) is 3.57. The third kappa shape index (κ3) is 4.01. The van der Waals surface area contributed by atoms with E-state index < -0.39 is 0 Å². The smallest absolute Gasteiger partial charge is 0.254 e. The van der Waals surface area contributed by atoms with E-state index in [1.165, 1.54) is 0 Å². The number of para-hydroxylation sites is 1. The first kappa shape index (κ1) is 17.7. The minimum Gasteiger partial charge on any atom is -0.338 e. The summed E-state index contributed by atoms with van der Waals surface area (Å²) >= 11 is 1.56. The molecule has 1 N–H and O–H groups in total. The molecule has 1 aliphatic heterocycles. The molecule has 1 aliphatic rings. The number of aromatic nitrogens is 2. The van der Waals surface area contributed by atoms with Crippen molar-refractivity contribution in [2.24, 2.45) is 0 Å². The Kier molecular flexibility index (Phi) is 5.16. The van der Waals surface area contributed by atoms with Crippen LogP contribution in [-0.4, -0.2) is 33.9 Å². The quantitative estimate of drug-likeness (QED) is 0.720. The second kappa shape index (κ2) is 7.88. The zero-order valence-corrected chi connectivity index (χ0v) is 16.1. The first-order chi connectivity index (χ1) is 13.2. The highest BCUT2D eigenvalue weighted by atomic mass is 32.1. The van der Waals surface area contributed by atoms with Crippen molar-refractivity contribution in [3.8, 4) is 0 Å². The molecule has 1 atom stereocenters. The van der Waals surface area contributed by atoms with E-state index in [0.717, 1.165) is 41.9 Å². The zero-order chi connectivity index (χ0) is 18.6. The second-order valence-electron chi connectivity index (χ2n) is 6.85. The predicted octanol–water partition coefficient (Wildman–Crippen LogP) is 4.61. The largest absolute Gasteiger partial charge is 0.338 e. The van der Waals surface area contributed by atoms with E-state index in [1.54, 1.807) is 17.5 Å². The Hall–Kier alpha value is -2.73. The van der Waals surface area contributed by atoms with Crippen molar-refractivity contribution in [2.45, 2.75) is 25.7 Å². The molecule has 0 bridgehead atoms. The lowest BCUT2D eigenvalue weighted by Crippen LogP contribution is -2.39. The van der Waals surface area contributed by atoms with Crippen molar-refractivity contribution in [3.05, 3.63) is 70.2 Å². The lowest BCUT2D eigenvalue weighted by atomic mass is 9.94. The summed E-state index contributed by atoms with van der Waals surface area (Å²) < 4.78 is 0. The molecule has 4 rings (SSSR count). The molecule has 0 spiro atoms. The van der Waals surface area contributed by atoms with Gasteiger partial charge < -0.3 is 10.2 Å². The lowest BCUT2D eigenvalue weighted by molar-refractivity contribution is 0.0706. The molecular formula is C21H22N4OS. The third-order valence-corrected chi connectivity index (χ3v) is 5.65. The summed E-state index contributed by atoms with van der Waals surface area (Å²) in [4.78, 5) is 23.7. The standard InChI is InChI=1S/C21H22N4OS/c1-15-5-2-3-7-18(15)23-21-22-10-8-19(24-21)16-6-4-11-25(13-16)20(26)17-9-12-27-14-17/h2-3,5,7-10,12,14,16H,4,6,11,13H2,1H3,(H,22,23,24)/t16-/m0/s1. The van der Waals surface area contributed by atoms with E-state index in [1.807, 2.05) is 46.0 Å². The maximum Gasteiger partial charge on any atom is 0.254 e. The monoisotopic (exact) mass is 378 g/mol. The van der Waals surface area contributed by atoms with Gasteiger partial charge in [0.25, 0.3) is 5.91 Å². The molecule has 1 fully saturated rings. The number of amides is 1. The van der Waals surface area contributed by atoms with E-state index in [-0.39, 0.29) is 11.8 Å². The number of benzene rings is 1. The summed E-state index contributed by atoms with van der Waals surface area (Å²) in [5, 5.41) is 7.17. The number of nitrogens with zero attached hydrogens (tertiary/aromatic N) is 3. The average molecular weight is 379 g/mol. The molecule has 138 valence electrons. The van der Waals surface area contributed by atoms with Crippen LogP contribution in [0.2, 0.25) is 0 Å². The number of thiophene rings is 1. The van der Waals surface area contributed by atoms with Gasteiger partial charge in [0.15, 0.2) is 0 Å². The summed E-state index contributed by atoms with van der Waals surface area (Å²) in [7, 11) is 0. The Labute approximate surface area is 163 Å². The van der Waals surface area contributed by atoms with Crippen LogP contribution in [0.4, 0.5) is 11.6 Å². The van der Waals surface area contributed by atoms with E-state index in [9.17, 15) is 4.79 Å². The summed E-state index contributed by atoms with van der Waals surface area (Å²) in [6, 6.07) is 11.9. The molecule has 0 radical (unpaired) electrons. The maximum absolute atomic E-state index is 12.7. The third-order valence-electron chi connectivity index (χ3n) is 4.96. The molecule has 27 heavy (non-hydrogen) atoms. The van der Waals surface area contributed by atoms with Crippen LogP contribution in [0.25, 0.3) is 0 Å². The number of anilines is 2. The summed E-state index contributed by atoms with van der Waals surface area (Å²) in [5.41, 5.74) is 3.93. The molecular weight excluding hydrogens is 356 g/mol. The van der Waals surface area contributed by atoms with Gasteiger partial charge in [0.05, 0.1) is 11.3 Å². The molecule has 0 unspecified atom stereocenters. The highest BCUT2D eigenvalue weighted by Gasteiger charge is 2.26. The van der Waals surface area contributed by atoms with Crippen molar-refractivity contribution < 1.29 is 4.79 Å². The molecule has 0 saturated carbocycles. The van der Waals surface area contributed by atoms with Crippen molar-refractivity contribution >= 4 is 28.9 Å².